The number of rotatable bonds is 3. The Labute approximate surface area is 124 Å². The molecule has 4 nitrogen and oxygen atoms in total. The van der Waals surface area contributed by atoms with Gasteiger partial charge in [0, 0.05) is 11.0 Å². The van der Waals surface area contributed by atoms with Crippen molar-refractivity contribution in [2.45, 2.75) is 20.4 Å². The first kappa shape index (κ1) is 14.1. The zero-order valence-electron chi connectivity index (χ0n) is 10.6. The van der Waals surface area contributed by atoms with Gasteiger partial charge >= 0.3 is 0 Å². The molecule has 2 aromatic rings. The smallest absolute Gasteiger partial charge is 0.273 e. The van der Waals surface area contributed by atoms with Crippen LogP contribution in [0.1, 0.15) is 23.1 Å². The van der Waals surface area contributed by atoms with E-state index in [0.29, 0.717) is 22.9 Å². The van der Waals surface area contributed by atoms with E-state index in [4.69, 9.17) is 11.6 Å². The maximum Gasteiger partial charge on any atom is 0.273 e. The summed E-state index contributed by atoms with van der Waals surface area (Å²) in [5, 5.41) is 7.54. The number of nitrogens with one attached hydrogen (secondary N) is 1. The molecule has 0 unspecified atom stereocenters. The third-order valence-electron chi connectivity index (χ3n) is 2.61. The van der Waals surface area contributed by atoms with E-state index in [-0.39, 0.29) is 5.91 Å². The zero-order valence-corrected chi connectivity index (χ0v) is 12.9. The van der Waals surface area contributed by atoms with Crippen molar-refractivity contribution in [1.82, 2.24) is 9.78 Å². The van der Waals surface area contributed by atoms with Crippen LogP contribution < -0.4 is 5.32 Å². The van der Waals surface area contributed by atoms with Gasteiger partial charge in [0.05, 0.1) is 16.4 Å². The van der Waals surface area contributed by atoms with Gasteiger partial charge in [-0.25, -0.2) is 0 Å². The summed E-state index contributed by atoms with van der Waals surface area (Å²) in [5.41, 5.74) is 1.91. The number of benzene rings is 1. The van der Waals surface area contributed by atoms with Crippen LogP contribution in [0.3, 0.4) is 0 Å². The molecule has 100 valence electrons. The highest BCUT2D eigenvalue weighted by Crippen LogP contribution is 2.26. The molecule has 1 N–H and O–H groups in total. The molecule has 0 saturated heterocycles. The summed E-state index contributed by atoms with van der Waals surface area (Å²) < 4.78 is 2.52. The Morgan fingerprint density at radius 2 is 2.21 bits per heavy atom. The Balaban J connectivity index is 2.27. The second-order valence-corrected chi connectivity index (χ2v) is 5.39. The predicted molar refractivity (Wildman–Crippen MR) is 79.7 cm³/mol. The van der Waals surface area contributed by atoms with Gasteiger partial charge in [-0.1, -0.05) is 27.5 Å². The minimum atomic E-state index is -0.220. The molecule has 2 rings (SSSR count). The fraction of sp³-hybridized carbons (Fsp3) is 0.231. The van der Waals surface area contributed by atoms with E-state index in [2.05, 4.69) is 26.3 Å². The van der Waals surface area contributed by atoms with Crippen molar-refractivity contribution in [2.75, 3.05) is 5.32 Å². The van der Waals surface area contributed by atoms with Crippen molar-refractivity contribution >= 4 is 39.1 Å². The van der Waals surface area contributed by atoms with Crippen LogP contribution in [0.5, 0.6) is 0 Å². The lowest BCUT2D eigenvalue weighted by Gasteiger charge is -2.08. The van der Waals surface area contributed by atoms with E-state index in [0.717, 1.165) is 10.2 Å². The van der Waals surface area contributed by atoms with Gasteiger partial charge in [0.15, 0.2) is 0 Å². The van der Waals surface area contributed by atoms with Crippen LogP contribution in [-0.2, 0) is 6.54 Å². The van der Waals surface area contributed by atoms with Crippen LogP contribution >= 0.6 is 27.5 Å². The minimum Gasteiger partial charge on any atom is -0.319 e. The predicted octanol–water partition coefficient (Wildman–Crippen LogP) is 3.88. The van der Waals surface area contributed by atoms with E-state index >= 15 is 0 Å². The van der Waals surface area contributed by atoms with Crippen LogP contribution in [0.25, 0.3) is 0 Å². The molecule has 0 bridgehead atoms. The summed E-state index contributed by atoms with van der Waals surface area (Å²) in [4.78, 5) is 12.2. The van der Waals surface area contributed by atoms with E-state index in [1.165, 1.54) is 0 Å². The molecule has 0 aliphatic heterocycles. The molecule has 0 aliphatic carbocycles. The molecule has 0 saturated carbocycles. The van der Waals surface area contributed by atoms with E-state index < -0.39 is 0 Å². The Bertz CT molecular complexity index is 624. The van der Waals surface area contributed by atoms with E-state index in [9.17, 15) is 4.79 Å². The third kappa shape index (κ3) is 3.16. The molecule has 1 heterocycles. The van der Waals surface area contributed by atoms with Crippen molar-refractivity contribution in [3.63, 3.8) is 0 Å². The van der Waals surface area contributed by atoms with Gasteiger partial charge in [0.1, 0.15) is 5.69 Å². The minimum absolute atomic E-state index is 0.220. The van der Waals surface area contributed by atoms with Gasteiger partial charge in [-0.2, -0.15) is 5.10 Å². The molecule has 1 aromatic carbocycles. The topological polar surface area (TPSA) is 46.9 Å². The number of hydrogen-bond donors (Lipinski definition) is 1. The number of carbonyl (C=O) groups excluding carboxylic acids is 1. The number of hydrogen-bond acceptors (Lipinski definition) is 2. The number of carbonyl (C=O) groups is 1. The first-order valence-corrected chi connectivity index (χ1v) is 6.99. The van der Waals surface area contributed by atoms with Crippen LogP contribution in [0.2, 0.25) is 5.02 Å². The fourth-order valence-electron chi connectivity index (χ4n) is 1.75. The highest BCUT2D eigenvalue weighted by atomic mass is 79.9. The van der Waals surface area contributed by atoms with Crippen LogP contribution in [0, 0.1) is 6.92 Å². The van der Waals surface area contributed by atoms with Crippen molar-refractivity contribution in [3.05, 3.63) is 45.1 Å². The first-order valence-electron chi connectivity index (χ1n) is 5.82. The average Bonchev–Trinajstić information content (AvgIpc) is 2.75. The largest absolute Gasteiger partial charge is 0.319 e. The van der Waals surface area contributed by atoms with Gasteiger partial charge in [0.2, 0.25) is 0 Å². The van der Waals surface area contributed by atoms with E-state index in [1.807, 2.05) is 19.9 Å². The second kappa shape index (κ2) is 5.75. The van der Waals surface area contributed by atoms with Gasteiger partial charge in [-0.3, -0.25) is 9.48 Å². The lowest BCUT2D eigenvalue weighted by molar-refractivity contribution is 0.101. The van der Waals surface area contributed by atoms with Crippen molar-refractivity contribution in [1.29, 1.82) is 0 Å². The Morgan fingerprint density at radius 3 is 2.89 bits per heavy atom. The van der Waals surface area contributed by atoms with E-state index in [1.54, 1.807) is 22.9 Å². The number of anilines is 1. The molecule has 0 spiro atoms. The lowest BCUT2D eigenvalue weighted by Crippen LogP contribution is -2.17. The normalized spacial score (nSPS) is 10.5. The first-order chi connectivity index (χ1) is 9.01. The maximum atomic E-state index is 12.2. The van der Waals surface area contributed by atoms with Gasteiger partial charge in [-0.05, 0) is 38.1 Å². The highest BCUT2D eigenvalue weighted by molar-refractivity contribution is 9.10. The van der Waals surface area contributed by atoms with Gasteiger partial charge < -0.3 is 5.32 Å². The van der Waals surface area contributed by atoms with Crippen LogP contribution in [0.4, 0.5) is 5.69 Å². The number of nitrogens with zero attached hydrogens (tertiary/aromatic N) is 2. The summed E-state index contributed by atoms with van der Waals surface area (Å²) in [6, 6.07) is 7.06. The second-order valence-electron chi connectivity index (χ2n) is 4.07. The van der Waals surface area contributed by atoms with Gasteiger partial charge in [0.25, 0.3) is 5.91 Å². The Morgan fingerprint density at radius 1 is 1.47 bits per heavy atom. The third-order valence-corrected chi connectivity index (χ3v) is 3.43. The number of aryl methyl sites for hydroxylation is 2. The molecule has 0 radical (unpaired) electrons. The van der Waals surface area contributed by atoms with Crippen LogP contribution in [-0.4, -0.2) is 15.7 Å². The molecule has 1 amide bonds. The highest BCUT2D eigenvalue weighted by Gasteiger charge is 2.14. The molecular formula is C13H13BrClN3O. The van der Waals surface area contributed by atoms with Crippen molar-refractivity contribution in [3.8, 4) is 0 Å². The molecule has 0 aliphatic rings. The number of halogens is 2. The zero-order chi connectivity index (χ0) is 14.0. The molecule has 6 heteroatoms. The fourth-order valence-corrected chi connectivity index (χ4v) is 2.27. The lowest BCUT2D eigenvalue weighted by atomic mass is 10.3. The van der Waals surface area contributed by atoms with Gasteiger partial charge in [-0.15, -0.1) is 0 Å². The average molecular weight is 343 g/mol. The SMILES string of the molecule is CCn1nc(C)cc1C(=O)Nc1cc(Br)ccc1Cl. The number of amides is 1. The maximum absolute atomic E-state index is 12.2. The quantitative estimate of drug-likeness (QED) is 0.920. The summed E-state index contributed by atoms with van der Waals surface area (Å²) in [6.45, 7) is 4.44. The molecule has 0 fully saturated rings. The summed E-state index contributed by atoms with van der Waals surface area (Å²) >= 11 is 9.40. The monoisotopic (exact) mass is 341 g/mol. The van der Waals surface area contributed by atoms with Crippen molar-refractivity contribution < 1.29 is 4.79 Å². The molecule has 0 atom stereocenters. The standard InChI is InChI=1S/C13H13BrClN3O/c1-3-18-12(6-8(2)17-18)13(19)16-11-7-9(14)4-5-10(11)15/h4-7H,3H2,1-2H3,(H,16,19). The molecule has 1 aromatic heterocycles. The summed E-state index contributed by atoms with van der Waals surface area (Å²) in [7, 11) is 0. The Hall–Kier alpha value is -1.33. The Kier molecular flexibility index (Phi) is 4.27. The molecule has 19 heavy (non-hydrogen) atoms. The summed E-state index contributed by atoms with van der Waals surface area (Å²) in [6.07, 6.45) is 0. The molecular weight excluding hydrogens is 330 g/mol. The van der Waals surface area contributed by atoms with Crippen LogP contribution in [0.15, 0.2) is 28.7 Å². The summed E-state index contributed by atoms with van der Waals surface area (Å²) in [5.74, 6) is -0.220. The number of aromatic nitrogens is 2. The van der Waals surface area contributed by atoms with Crippen molar-refractivity contribution in [2.24, 2.45) is 0 Å².